The summed E-state index contributed by atoms with van der Waals surface area (Å²) in [4.78, 5) is 31.0. The van der Waals surface area contributed by atoms with Gasteiger partial charge in [0.1, 0.15) is 0 Å². The summed E-state index contributed by atoms with van der Waals surface area (Å²) in [6, 6.07) is 9.20. The molecule has 2 heterocycles. The van der Waals surface area contributed by atoms with E-state index < -0.39 is 0 Å². The maximum Gasteiger partial charge on any atom is 0.253 e. The molecule has 0 atom stereocenters. The largest absolute Gasteiger partial charge is 0.348 e. The molecule has 0 aliphatic carbocycles. The van der Waals surface area contributed by atoms with Crippen molar-refractivity contribution in [3.05, 3.63) is 75.3 Å². The number of H-pyrrole nitrogens is 1. The van der Waals surface area contributed by atoms with Crippen molar-refractivity contribution >= 4 is 16.8 Å². The molecule has 1 aromatic carbocycles. The van der Waals surface area contributed by atoms with Crippen molar-refractivity contribution in [2.75, 3.05) is 0 Å². The molecule has 5 nitrogen and oxygen atoms in total. The number of benzene rings is 1. The fraction of sp³-hybridized carbons (Fsp3) is 0.167. The average Bonchev–Trinajstić information content (AvgIpc) is 2.55. The lowest BCUT2D eigenvalue weighted by atomic mass is 10.0. The van der Waals surface area contributed by atoms with Gasteiger partial charge in [0.25, 0.3) is 11.5 Å². The Hall–Kier alpha value is -2.95. The third-order valence-corrected chi connectivity index (χ3v) is 3.90. The van der Waals surface area contributed by atoms with Crippen LogP contribution in [-0.4, -0.2) is 15.9 Å². The smallest absolute Gasteiger partial charge is 0.253 e. The molecule has 2 N–H and O–H groups in total. The highest BCUT2D eigenvalue weighted by Crippen LogP contribution is 2.17. The standard InChI is InChI=1S/C18H17N3O2/c1-11-6-14-8-15(18(23)21-16(14)7-12(11)2)10-20-17(22)13-4-3-5-19-9-13/h3-9H,10H2,1-2H3,(H,20,22)(H,21,23). The van der Waals surface area contributed by atoms with Gasteiger partial charge in [0.15, 0.2) is 0 Å². The number of fused-ring (bicyclic) bond motifs is 1. The zero-order valence-corrected chi connectivity index (χ0v) is 13.0. The number of aromatic nitrogens is 2. The Balaban J connectivity index is 1.86. The molecule has 0 unspecified atom stereocenters. The number of rotatable bonds is 3. The number of nitrogens with one attached hydrogen (secondary N) is 2. The van der Waals surface area contributed by atoms with Crippen molar-refractivity contribution in [3.8, 4) is 0 Å². The average molecular weight is 307 g/mol. The maximum absolute atomic E-state index is 12.2. The first-order valence-electron chi connectivity index (χ1n) is 7.36. The normalized spacial score (nSPS) is 10.7. The van der Waals surface area contributed by atoms with Crippen LogP contribution in [0.1, 0.15) is 27.0 Å². The zero-order chi connectivity index (χ0) is 16.4. The molecule has 1 amide bonds. The highest BCUT2D eigenvalue weighted by atomic mass is 16.1. The van der Waals surface area contributed by atoms with Gasteiger partial charge in [-0.15, -0.1) is 0 Å². The Kier molecular flexibility index (Phi) is 3.93. The van der Waals surface area contributed by atoms with Gasteiger partial charge in [-0.2, -0.15) is 0 Å². The molecule has 0 aliphatic rings. The van der Waals surface area contributed by atoms with Gasteiger partial charge in [0.05, 0.1) is 5.56 Å². The third-order valence-electron chi connectivity index (χ3n) is 3.90. The monoisotopic (exact) mass is 307 g/mol. The summed E-state index contributed by atoms with van der Waals surface area (Å²) in [6.07, 6.45) is 3.10. The zero-order valence-electron chi connectivity index (χ0n) is 13.0. The van der Waals surface area contributed by atoms with Crippen LogP contribution in [0.15, 0.2) is 47.5 Å². The molecule has 0 radical (unpaired) electrons. The van der Waals surface area contributed by atoms with Gasteiger partial charge >= 0.3 is 0 Å². The van der Waals surface area contributed by atoms with E-state index in [1.165, 1.54) is 6.20 Å². The SMILES string of the molecule is Cc1cc2cc(CNC(=O)c3cccnc3)c(=O)[nH]c2cc1C. The van der Waals surface area contributed by atoms with Crippen molar-refractivity contribution in [2.45, 2.75) is 20.4 Å². The van der Waals surface area contributed by atoms with E-state index in [-0.39, 0.29) is 18.0 Å². The lowest BCUT2D eigenvalue weighted by Gasteiger charge is -2.08. The van der Waals surface area contributed by atoms with Crippen molar-refractivity contribution < 1.29 is 4.79 Å². The van der Waals surface area contributed by atoms with Gasteiger partial charge in [0.2, 0.25) is 0 Å². The molecule has 0 spiro atoms. The first-order chi connectivity index (χ1) is 11.0. The molecule has 0 fully saturated rings. The Morgan fingerprint density at radius 1 is 1.22 bits per heavy atom. The van der Waals surface area contributed by atoms with Crippen LogP contribution in [0.4, 0.5) is 0 Å². The van der Waals surface area contributed by atoms with Gasteiger partial charge in [-0.05, 0) is 60.7 Å². The van der Waals surface area contributed by atoms with Crippen LogP contribution in [0.2, 0.25) is 0 Å². The number of nitrogens with zero attached hydrogens (tertiary/aromatic N) is 1. The molecule has 0 saturated carbocycles. The third kappa shape index (κ3) is 3.13. The van der Waals surface area contributed by atoms with Crippen molar-refractivity contribution in [1.82, 2.24) is 15.3 Å². The number of aryl methyl sites for hydroxylation is 2. The first-order valence-corrected chi connectivity index (χ1v) is 7.36. The van der Waals surface area contributed by atoms with E-state index in [1.807, 2.05) is 32.0 Å². The van der Waals surface area contributed by atoms with Crippen LogP contribution >= 0.6 is 0 Å². The lowest BCUT2D eigenvalue weighted by Crippen LogP contribution is -2.26. The summed E-state index contributed by atoms with van der Waals surface area (Å²) in [6.45, 7) is 4.21. The van der Waals surface area contributed by atoms with Gasteiger partial charge < -0.3 is 10.3 Å². The topological polar surface area (TPSA) is 74.8 Å². The van der Waals surface area contributed by atoms with E-state index in [4.69, 9.17) is 0 Å². The van der Waals surface area contributed by atoms with Crippen LogP contribution in [0.5, 0.6) is 0 Å². The van der Waals surface area contributed by atoms with Gasteiger partial charge in [-0.1, -0.05) is 0 Å². The quantitative estimate of drug-likeness (QED) is 0.780. The molecule has 5 heteroatoms. The van der Waals surface area contributed by atoms with Gasteiger partial charge in [0, 0.05) is 30.0 Å². The van der Waals surface area contributed by atoms with Crippen molar-refractivity contribution in [2.24, 2.45) is 0 Å². The van der Waals surface area contributed by atoms with Gasteiger partial charge in [-0.25, -0.2) is 0 Å². The summed E-state index contributed by atoms with van der Waals surface area (Å²) in [7, 11) is 0. The molecule has 3 rings (SSSR count). The van der Waals surface area contributed by atoms with Crippen molar-refractivity contribution in [1.29, 1.82) is 0 Å². The minimum atomic E-state index is -0.252. The summed E-state index contributed by atoms with van der Waals surface area (Å²) in [5.74, 6) is -0.252. The minimum Gasteiger partial charge on any atom is -0.348 e. The Morgan fingerprint density at radius 3 is 2.74 bits per heavy atom. The van der Waals surface area contributed by atoms with E-state index in [1.54, 1.807) is 18.3 Å². The highest BCUT2D eigenvalue weighted by Gasteiger charge is 2.08. The number of carbonyl (C=O) groups excluding carboxylic acids is 1. The Bertz CT molecular complexity index is 930. The molecular weight excluding hydrogens is 290 g/mol. The van der Waals surface area contributed by atoms with E-state index in [0.29, 0.717) is 11.1 Å². The number of hydrogen-bond acceptors (Lipinski definition) is 3. The summed E-state index contributed by atoms with van der Waals surface area (Å²) < 4.78 is 0. The number of carbonyl (C=O) groups is 1. The first kappa shape index (κ1) is 15.0. The molecule has 2 aromatic heterocycles. The number of hydrogen-bond donors (Lipinski definition) is 2. The number of amides is 1. The van der Waals surface area contributed by atoms with Crippen LogP contribution < -0.4 is 10.9 Å². The number of pyridine rings is 2. The summed E-state index contributed by atoms with van der Waals surface area (Å²) in [5.41, 5.74) is 3.91. The Labute approximate surface area is 133 Å². The van der Waals surface area contributed by atoms with E-state index >= 15 is 0 Å². The molecule has 116 valence electrons. The Morgan fingerprint density at radius 2 is 2.00 bits per heavy atom. The second kappa shape index (κ2) is 6.04. The molecule has 0 bridgehead atoms. The van der Waals surface area contributed by atoms with E-state index in [2.05, 4.69) is 15.3 Å². The van der Waals surface area contributed by atoms with Gasteiger partial charge in [-0.3, -0.25) is 14.6 Å². The summed E-state index contributed by atoms with van der Waals surface area (Å²) in [5, 5.41) is 3.70. The molecular formula is C18H17N3O2. The number of aromatic amines is 1. The fourth-order valence-electron chi connectivity index (χ4n) is 2.43. The van der Waals surface area contributed by atoms with Crippen molar-refractivity contribution in [3.63, 3.8) is 0 Å². The van der Waals surface area contributed by atoms with Crippen LogP contribution in [0.3, 0.4) is 0 Å². The van der Waals surface area contributed by atoms with Crippen LogP contribution in [0.25, 0.3) is 10.9 Å². The predicted molar refractivity (Wildman–Crippen MR) is 89.4 cm³/mol. The minimum absolute atomic E-state index is 0.173. The fourth-order valence-corrected chi connectivity index (χ4v) is 2.43. The summed E-state index contributed by atoms with van der Waals surface area (Å²) >= 11 is 0. The highest BCUT2D eigenvalue weighted by molar-refractivity contribution is 5.93. The predicted octanol–water partition coefficient (Wildman–Crippen LogP) is 2.47. The molecule has 23 heavy (non-hydrogen) atoms. The van der Waals surface area contributed by atoms with E-state index in [9.17, 15) is 9.59 Å². The maximum atomic E-state index is 12.2. The van der Waals surface area contributed by atoms with E-state index in [0.717, 1.165) is 22.0 Å². The molecule has 0 aliphatic heterocycles. The second-order valence-corrected chi connectivity index (χ2v) is 5.57. The van der Waals surface area contributed by atoms with Crippen LogP contribution in [0, 0.1) is 13.8 Å². The molecule has 0 saturated heterocycles. The lowest BCUT2D eigenvalue weighted by molar-refractivity contribution is 0.0950. The second-order valence-electron chi connectivity index (χ2n) is 5.57. The van der Waals surface area contributed by atoms with Crippen LogP contribution in [-0.2, 0) is 6.54 Å². The molecule has 3 aromatic rings.